The highest BCUT2D eigenvalue weighted by Crippen LogP contribution is 2.33. The fourth-order valence-corrected chi connectivity index (χ4v) is 3.66. The van der Waals surface area contributed by atoms with Gasteiger partial charge in [-0.05, 0) is 30.3 Å². The van der Waals surface area contributed by atoms with E-state index in [1.165, 1.54) is 11.2 Å². The molecule has 1 aromatic carbocycles. The lowest BCUT2D eigenvalue weighted by molar-refractivity contribution is -1.02. The van der Waals surface area contributed by atoms with Crippen LogP contribution in [0.5, 0.6) is 11.5 Å². The van der Waals surface area contributed by atoms with Gasteiger partial charge in [-0.3, -0.25) is 4.79 Å². The molecular formula is C19H25N3O4+2. The summed E-state index contributed by atoms with van der Waals surface area (Å²) in [6, 6.07) is 9.64. The third-order valence-electron chi connectivity index (χ3n) is 5.25. The average molecular weight is 359 g/mol. The first kappa shape index (κ1) is 16.9. The molecule has 1 amide bonds. The lowest BCUT2D eigenvalue weighted by atomic mass is 10.0. The van der Waals surface area contributed by atoms with E-state index < -0.39 is 0 Å². The number of quaternary nitrogens is 2. The minimum absolute atomic E-state index is 0.163. The van der Waals surface area contributed by atoms with Crippen LogP contribution in [0.3, 0.4) is 0 Å². The van der Waals surface area contributed by atoms with Gasteiger partial charge in [-0.15, -0.1) is 0 Å². The summed E-state index contributed by atoms with van der Waals surface area (Å²) in [5, 5.41) is 3.03. The van der Waals surface area contributed by atoms with Crippen molar-refractivity contribution < 1.29 is 28.5 Å². The third kappa shape index (κ3) is 3.54. The van der Waals surface area contributed by atoms with Crippen LogP contribution in [0.15, 0.2) is 41.0 Å². The molecule has 138 valence electrons. The summed E-state index contributed by atoms with van der Waals surface area (Å²) in [4.78, 5) is 15.3. The zero-order chi connectivity index (χ0) is 17.9. The summed E-state index contributed by atoms with van der Waals surface area (Å²) < 4.78 is 16.2. The van der Waals surface area contributed by atoms with Gasteiger partial charge in [-0.1, -0.05) is 0 Å². The molecule has 1 aromatic heterocycles. The van der Waals surface area contributed by atoms with Crippen LogP contribution in [0.1, 0.15) is 22.2 Å². The van der Waals surface area contributed by atoms with E-state index in [2.05, 4.69) is 18.4 Å². The van der Waals surface area contributed by atoms with Crippen molar-refractivity contribution in [1.82, 2.24) is 5.32 Å². The second kappa shape index (κ2) is 7.39. The fourth-order valence-electron chi connectivity index (χ4n) is 3.66. The summed E-state index contributed by atoms with van der Waals surface area (Å²) in [5.41, 5.74) is 1.16. The van der Waals surface area contributed by atoms with E-state index in [1.54, 1.807) is 17.0 Å². The Kier molecular flexibility index (Phi) is 4.81. The number of amides is 1. The highest BCUT2D eigenvalue weighted by atomic mass is 16.7. The van der Waals surface area contributed by atoms with Gasteiger partial charge in [0.25, 0.3) is 5.91 Å². The number of piperazine rings is 1. The number of likely N-dealkylation sites (N-methyl/N-ethyl adjacent to an activating group) is 1. The molecule has 1 atom stereocenters. The molecular weight excluding hydrogens is 334 g/mol. The summed E-state index contributed by atoms with van der Waals surface area (Å²) >= 11 is 0. The molecule has 0 saturated carbocycles. The molecule has 1 fully saturated rings. The highest BCUT2D eigenvalue weighted by molar-refractivity contribution is 5.91. The number of carbonyl (C=O) groups excluding carboxylic acids is 1. The van der Waals surface area contributed by atoms with Crippen molar-refractivity contribution in [3.63, 3.8) is 0 Å². The zero-order valence-corrected chi connectivity index (χ0v) is 14.9. The Morgan fingerprint density at radius 2 is 1.96 bits per heavy atom. The summed E-state index contributed by atoms with van der Waals surface area (Å²) in [5.74, 6) is 1.72. The first-order valence-electron chi connectivity index (χ1n) is 9.08. The van der Waals surface area contributed by atoms with Crippen LogP contribution in [-0.2, 0) is 0 Å². The topological polar surface area (TPSA) is 69.6 Å². The molecule has 7 heteroatoms. The molecule has 0 radical (unpaired) electrons. The van der Waals surface area contributed by atoms with Gasteiger partial charge in [-0.2, -0.15) is 0 Å². The minimum Gasteiger partial charge on any atom is -0.459 e. The van der Waals surface area contributed by atoms with Gasteiger partial charge in [0.05, 0.1) is 19.9 Å². The van der Waals surface area contributed by atoms with Gasteiger partial charge in [0.1, 0.15) is 32.2 Å². The Hall–Kier alpha value is -2.51. The van der Waals surface area contributed by atoms with E-state index in [4.69, 9.17) is 13.9 Å². The molecule has 26 heavy (non-hydrogen) atoms. The van der Waals surface area contributed by atoms with E-state index >= 15 is 0 Å². The van der Waals surface area contributed by atoms with Crippen LogP contribution in [0.25, 0.3) is 0 Å². The van der Waals surface area contributed by atoms with Crippen molar-refractivity contribution >= 4 is 5.91 Å². The van der Waals surface area contributed by atoms with Crippen LogP contribution in [0.2, 0.25) is 0 Å². The molecule has 2 aliphatic heterocycles. The number of fused-ring (bicyclic) bond motifs is 1. The van der Waals surface area contributed by atoms with Crippen molar-refractivity contribution in [1.29, 1.82) is 0 Å². The fraction of sp³-hybridized carbons (Fsp3) is 0.421. The van der Waals surface area contributed by atoms with E-state index in [0.29, 0.717) is 12.3 Å². The number of carbonyl (C=O) groups is 1. The van der Waals surface area contributed by atoms with Crippen LogP contribution in [0.4, 0.5) is 0 Å². The Balaban J connectivity index is 1.52. The monoisotopic (exact) mass is 359 g/mol. The predicted octanol–water partition coefficient (Wildman–Crippen LogP) is -1.11. The van der Waals surface area contributed by atoms with Crippen molar-refractivity contribution in [3.05, 3.63) is 47.9 Å². The van der Waals surface area contributed by atoms with E-state index in [0.717, 1.165) is 43.2 Å². The van der Waals surface area contributed by atoms with Crippen molar-refractivity contribution in [2.45, 2.75) is 6.04 Å². The second-order valence-corrected chi connectivity index (χ2v) is 6.97. The van der Waals surface area contributed by atoms with E-state index in [-0.39, 0.29) is 18.7 Å². The maximum absolute atomic E-state index is 12.3. The largest absolute Gasteiger partial charge is 0.459 e. The van der Waals surface area contributed by atoms with Crippen LogP contribution < -0.4 is 24.6 Å². The number of ether oxygens (including phenoxy) is 2. The molecule has 0 spiro atoms. The Bertz CT molecular complexity index is 754. The molecule has 2 aromatic rings. The SMILES string of the molecule is C[NH+]1CC[NH+]([C@@H](CNC(=O)c2ccco2)c2ccc3c(c2)OCO3)CC1. The average Bonchev–Trinajstić information content (AvgIpc) is 3.34. The number of rotatable bonds is 5. The molecule has 2 aliphatic rings. The third-order valence-corrected chi connectivity index (χ3v) is 5.25. The molecule has 3 heterocycles. The first-order valence-corrected chi connectivity index (χ1v) is 9.08. The predicted molar refractivity (Wildman–Crippen MR) is 93.7 cm³/mol. The van der Waals surface area contributed by atoms with Gasteiger partial charge in [0.15, 0.2) is 17.3 Å². The number of hydrogen-bond acceptors (Lipinski definition) is 4. The number of furan rings is 1. The van der Waals surface area contributed by atoms with Gasteiger partial charge in [0, 0.05) is 5.56 Å². The number of benzene rings is 1. The quantitative estimate of drug-likeness (QED) is 0.634. The zero-order valence-electron chi connectivity index (χ0n) is 14.9. The Morgan fingerprint density at radius 3 is 2.73 bits per heavy atom. The highest BCUT2D eigenvalue weighted by Gasteiger charge is 2.31. The van der Waals surface area contributed by atoms with E-state index in [1.807, 2.05) is 12.1 Å². The molecule has 1 saturated heterocycles. The molecule has 7 nitrogen and oxygen atoms in total. The molecule has 0 unspecified atom stereocenters. The maximum atomic E-state index is 12.3. The van der Waals surface area contributed by atoms with Crippen LogP contribution in [0, 0.1) is 0 Å². The lowest BCUT2D eigenvalue weighted by Crippen LogP contribution is -3.27. The summed E-state index contributed by atoms with van der Waals surface area (Å²) in [6.45, 7) is 5.21. The Morgan fingerprint density at radius 1 is 1.15 bits per heavy atom. The van der Waals surface area contributed by atoms with Gasteiger partial charge in [0.2, 0.25) is 6.79 Å². The molecule has 4 rings (SSSR count). The second-order valence-electron chi connectivity index (χ2n) is 6.97. The first-order chi connectivity index (χ1) is 12.7. The normalized spacial score (nSPS) is 22.8. The van der Waals surface area contributed by atoms with Crippen molar-refractivity contribution in [2.24, 2.45) is 0 Å². The Labute approximate surface area is 152 Å². The van der Waals surface area contributed by atoms with Crippen molar-refractivity contribution in [3.8, 4) is 11.5 Å². The van der Waals surface area contributed by atoms with Crippen molar-refractivity contribution in [2.75, 3.05) is 46.6 Å². The number of nitrogens with one attached hydrogen (secondary N) is 3. The van der Waals surface area contributed by atoms with Crippen LogP contribution in [-0.4, -0.2) is 52.5 Å². The van der Waals surface area contributed by atoms with E-state index in [9.17, 15) is 4.79 Å². The molecule has 3 N–H and O–H groups in total. The standard InChI is InChI=1S/C19H23N3O4/c1-21-6-8-22(9-7-21)15(12-20-19(23)17-3-2-10-24-17)14-4-5-16-18(11-14)26-13-25-16/h2-5,10-11,15H,6-9,12-13H2,1H3,(H,20,23)/p+2/t15-/m0/s1. The minimum atomic E-state index is -0.181. The summed E-state index contributed by atoms with van der Waals surface area (Å²) in [7, 11) is 2.23. The van der Waals surface area contributed by atoms with Gasteiger partial charge >= 0.3 is 0 Å². The number of hydrogen-bond donors (Lipinski definition) is 3. The molecule has 0 aliphatic carbocycles. The maximum Gasteiger partial charge on any atom is 0.287 e. The van der Waals surface area contributed by atoms with Gasteiger partial charge in [-0.25, -0.2) is 0 Å². The van der Waals surface area contributed by atoms with Crippen LogP contribution >= 0.6 is 0 Å². The molecule has 0 bridgehead atoms. The summed E-state index contributed by atoms with van der Waals surface area (Å²) in [6.07, 6.45) is 1.51. The smallest absolute Gasteiger partial charge is 0.287 e. The lowest BCUT2D eigenvalue weighted by Gasteiger charge is -2.33. The van der Waals surface area contributed by atoms with Gasteiger partial charge < -0.3 is 29.0 Å².